The molecule has 0 aliphatic carbocycles. The summed E-state index contributed by atoms with van der Waals surface area (Å²) in [5, 5.41) is 0. The summed E-state index contributed by atoms with van der Waals surface area (Å²) in [6.07, 6.45) is 6.89. The summed E-state index contributed by atoms with van der Waals surface area (Å²) in [6.45, 7) is 0.374. The normalized spacial score (nSPS) is 19.0. The molecule has 28 heavy (non-hydrogen) atoms. The second-order valence-corrected chi connectivity index (χ2v) is 6.44. The molecule has 7 heteroatoms. The first-order valence-corrected chi connectivity index (χ1v) is 9.19. The zero-order valence-electron chi connectivity index (χ0n) is 15.7. The summed E-state index contributed by atoms with van der Waals surface area (Å²) in [4.78, 5) is 30.9. The number of esters is 1. The van der Waals surface area contributed by atoms with Gasteiger partial charge in [-0.3, -0.25) is 9.59 Å². The van der Waals surface area contributed by atoms with Gasteiger partial charge in [0.15, 0.2) is 0 Å². The first kappa shape index (κ1) is 19.9. The van der Waals surface area contributed by atoms with Crippen molar-refractivity contribution in [2.24, 2.45) is 0 Å². The SMILES string of the molecule is COC(=O)CN1C(=O)[C@@H](NOCCCc2ccccc2)[C@H]1/C=C/c1ccco1. The van der Waals surface area contributed by atoms with Crippen molar-refractivity contribution in [1.29, 1.82) is 0 Å². The van der Waals surface area contributed by atoms with Crippen LogP contribution < -0.4 is 5.48 Å². The maximum Gasteiger partial charge on any atom is 0.325 e. The van der Waals surface area contributed by atoms with Gasteiger partial charge in [0.1, 0.15) is 18.3 Å². The third-order valence-electron chi connectivity index (χ3n) is 4.54. The predicted molar refractivity (Wildman–Crippen MR) is 103 cm³/mol. The number of methoxy groups -OCH3 is 1. The number of benzene rings is 1. The fraction of sp³-hybridized carbons (Fsp3) is 0.333. The van der Waals surface area contributed by atoms with Gasteiger partial charge in [0.2, 0.25) is 5.91 Å². The lowest BCUT2D eigenvalue weighted by molar-refractivity contribution is -0.164. The molecule has 2 aromatic rings. The number of nitrogens with zero attached hydrogens (tertiary/aromatic N) is 1. The molecular formula is C21H24N2O5. The summed E-state index contributed by atoms with van der Waals surface area (Å²) >= 11 is 0. The maximum absolute atomic E-state index is 12.4. The number of aryl methyl sites for hydroxylation is 1. The molecule has 3 rings (SSSR count). The van der Waals surface area contributed by atoms with Crippen LogP contribution in [0.5, 0.6) is 0 Å². The van der Waals surface area contributed by atoms with Crippen LogP contribution in [-0.2, 0) is 25.6 Å². The minimum atomic E-state index is -0.549. The van der Waals surface area contributed by atoms with E-state index in [0.717, 1.165) is 12.8 Å². The van der Waals surface area contributed by atoms with Crippen LogP contribution in [0.15, 0.2) is 59.2 Å². The highest BCUT2D eigenvalue weighted by Gasteiger charge is 2.47. The molecule has 1 N–H and O–H groups in total. The number of ether oxygens (including phenoxy) is 1. The zero-order valence-corrected chi connectivity index (χ0v) is 15.7. The molecule has 0 bridgehead atoms. The quantitative estimate of drug-likeness (QED) is 0.293. The Morgan fingerprint density at radius 1 is 1.25 bits per heavy atom. The number of hydrogen-bond donors (Lipinski definition) is 1. The maximum atomic E-state index is 12.4. The number of hydrogen-bond acceptors (Lipinski definition) is 6. The fourth-order valence-corrected chi connectivity index (χ4v) is 3.01. The molecule has 2 atom stereocenters. The highest BCUT2D eigenvalue weighted by Crippen LogP contribution is 2.22. The molecular weight excluding hydrogens is 360 g/mol. The summed E-state index contributed by atoms with van der Waals surface area (Å²) in [7, 11) is 1.30. The smallest absolute Gasteiger partial charge is 0.325 e. The van der Waals surface area contributed by atoms with Crippen molar-refractivity contribution in [2.45, 2.75) is 24.9 Å². The Kier molecular flexibility index (Phi) is 7.00. The predicted octanol–water partition coefficient (Wildman–Crippen LogP) is 2.20. The Hall–Kier alpha value is -2.90. The minimum absolute atomic E-state index is 0.102. The fourth-order valence-electron chi connectivity index (χ4n) is 3.01. The van der Waals surface area contributed by atoms with E-state index in [2.05, 4.69) is 22.3 Å². The van der Waals surface area contributed by atoms with Crippen LogP contribution in [0.2, 0.25) is 0 Å². The number of likely N-dealkylation sites (tertiary alicyclic amines) is 1. The van der Waals surface area contributed by atoms with Gasteiger partial charge in [0.25, 0.3) is 0 Å². The van der Waals surface area contributed by atoms with Crippen LogP contribution in [0.1, 0.15) is 17.7 Å². The highest BCUT2D eigenvalue weighted by atomic mass is 16.6. The standard InChI is InChI=1S/C21H24N2O5/c1-26-19(24)15-23-18(12-11-17-10-6-13-27-17)20(21(23)25)22-28-14-5-9-16-7-3-2-4-8-16/h2-4,6-8,10-13,18,20,22H,5,9,14-15H2,1H3/b12-11+/t18-,20+/m1/s1. The van der Waals surface area contributed by atoms with Gasteiger partial charge in [-0.05, 0) is 36.6 Å². The average Bonchev–Trinajstić information content (AvgIpc) is 3.24. The Balaban J connectivity index is 1.50. The van der Waals surface area contributed by atoms with E-state index in [1.807, 2.05) is 30.3 Å². The van der Waals surface area contributed by atoms with Crippen molar-refractivity contribution in [3.8, 4) is 0 Å². The summed E-state index contributed by atoms with van der Waals surface area (Å²) in [5.41, 5.74) is 4.08. The first-order chi connectivity index (χ1) is 13.7. The Bertz CT molecular complexity index is 788. The second kappa shape index (κ2) is 9.87. The highest BCUT2D eigenvalue weighted by molar-refractivity contribution is 5.93. The van der Waals surface area contributed by atoms with Crippen LogP contribution >= 0.6 is 0 Å². The van der Waals surface area contributed by atoms with Crippen molar-refractivity contribution in [3.05, 3.63) is 66.1 Å². The monoisotopic (exact) mass is 384 g/mol. The topological polar surface area (TPSA) is 81.0 Å². The first-order valence-electron chi connectivity index (χ1n) is 9.19. The average molecular weight is 384 g/mol. The number of nitrogens with one attached hydrogen (secondary N) is 1. The van der Waals surface area contributed by atoms with Gasteiger partial charge in [0, 0.05) is 0 Å². The summed E-state index contributed by atoms with van der Waals surface area (Å²) in [6, 6.07) is 12.9. The van der Waals surface area contributed by atoms with Gasteiger partial charge in [-0.15, -0.1) is 0 Å². The van der Waals surface area contributed by atoms with Crippen LogP contribution in [0.3, 0.4) is 0 Å². The van der Waals surface area contributed by atoms with E-state index in [1.165, 1.54) is 17.6 Å². The van der Waals surface area contributed by atoms with Crippen LogP contribution in [0.25, 0.3) is 6.08 Å². The molecule has 0 unspecified atom stereocenters. The van der Waals surface area contributed by atoms with E-state index in [4.69, 9.17) is 9.25 Å². The summed E-state index contributed by atoms with van der Waals surface area (Å²) < 4.78 is 9.94. The van der Waals surface area contributed by atoms with E-state index in [9.17, 15) is 9.59 Å². The Morgan fingerprint density at radius 3 is 2.79 bits per heavy atom. The third-order valence-corrected chi connectivity index (χ3v) is 4.54. The van der Waals surface area contributed by atoms with Gasteiger partial charge >= 0.3 is 5.97 Å². The number of carbonyl (C=O) groups excluding carboxylic acids is 2. The lowest BCUT2D eigenvalue weighted by Gasteiger charge is -2.44. The number of hydroxylamine groups is 1. The van der Waals surface area contributed by atoms with Crippen LogP contribution in [0, 0.1) is 0 Å². The number of carbonyl (C=O) groups is 2. The third kappa shape index (κ3) is 5.09. The van der Waals surface area contributed by atoms with Crippen molar-refractivity contribution in [3.63, 3.8) is 0 Å². The molecule has 1 aliphatic rings. The largest absolute Gasteiger partial charge is 0.468 e. The second-order valence-electron chi connectivity index (χ2n) is 6.44. The van der Waals surface area contributed by atoms with E-state index in [-0.39, 0.29) is 18.5 Å². The van der Waals surface area contributed by atoms with Crippen molar-refractivity contribution in [2.75, 3.05) is 20.3 Å². The van der Waals surface area contributed by atoms with Crippen molar-refractivity contribution < 1.29 is 23.6 Å². The molecule has 1 saturated heterocycles. The van der Waals surface area contributed by atoms with Gasteiger partial charge in [0.05, 0.1) is 26.0 Å². The number of β-lactam (4-membered cyclic amide) rings is 1. The van der Waals surface area contributed by atoms with E-state index in [0.29, 0.717) is 12.4 Å². The number of rotatable bonds is 10. The van der Waals surface area contributed by atoms with Crippen molar-refractivity contribution >= 4 is 18.0 Å². The summed E-state index contributed by atoms with van der Waals surface area (Å²) in [5.74, 6) is -0.00516. The van der Waals surface area contributed by atoms with Gasteiger partial charge in [-0.25, -0.2) is 0 Å². The molecule has 148 valence electrons. The molecule has 1 aliphatic heterocycles. The molecule has 0 saturated carbocycles. The van der Waals surface area contributed by atoms with Gasteiger partial charge in [-0.2, -0.15) is 5.48 Å². The van der Waals surface area contributed by atoms with Crippen LogP contribution in [0.4, 0.5) is 0 Å². The minimum Gasteiger partial charge on any atom is -0.468 e. The number of amides is 1. The van der Waals surface area contributed by atoms with Crippen molar-refractivity contribution in [1.82, 2.24) is 10.4 Å². The van der Waals surface area contributed by atoms with Gasteiger partial charge < -0.3 is 18.9 Å². The number of furan rings is 1. The van der Waals surface area contributed by atoms with E-state index < -0.39 is 12.0 Å². The molecule has 0 spiro atoms. The van der Waals surface area contributed by atoms with E-state index in [1.54, 1.807) is 18.4 Å². The van der Waals surface area contributed by atoms with Crippen LogP contribution in [-0.4, -0.2) is 49.1 Å². The van der Waals surface area contributed by atoms with E-state index >= 15 is 0 Å². The molecule has 1 fully saturated rings. The molecule has 1 amide bonds. The zero-order chi connectivity index (χ0) is 19.8. The Morgan fingerprint density at radius 2 is 2.07 bits per heavy atom. The molecule has 0 radical (unpaired) electrons. The lowest BCUT2D eigenvalue weighted by Crippen LogP contribution is -2.69. The molecule has 7 nitrogen and oxygen atoms in total. The molecule has 1 aromatic heterocycles. The molecule has 2 heterocycles. The lowest BCUT2D eigenvalue weighted by atomic mass is 9.95. The Labute approximate surface area is 163 Å². The molecule has 1 aromatic carbocycles. The van der Waals surface area contributed by atoms with Gasteiger partial charge in [-0.1, -0.05) is 36.4 Å².